The van der Waals surface area contributed by atoms with E-state index in [9.17, 15) is 14.4 Å². The lowest BCUT2D eigenvalue weighted by Crippen LogP contribution is -2.42. The van der Waals surface area contributed by atoms with Gasteiger partial charge in [-0.1, -0.05) is 24.3 Å². The second-order valence-electron chi connectivity index (χ2n) is 8.00. The summed E-state index contributed by atoms with van der Waals surface area (Å²) in [6.07, 6.45) is 0. The van der Waals surface area contributed by atoms with Gasteiger partial charge in [0.05, 0.1) is 0 Å². The van der Waals surface area contributed by atoms with Crippen molar-refractivity contribution in [3.63, 3.8) is 0 Å². The standard InChI is InChI=1S/C25H21N3O6/c1-25(16-7-12-20-21(13-16)33-15-32-20)23(30)28(24(31)27-25)14-22(29)26-17-8-10-19(11-9-17)34-18-5-3-2-4-6-18/h2-13H,14-15H2,1H3,(H,26,29)(H,27,31). The largest absolute Gasteiger partial charge is 0.457 e. The lowest BCUT2D eigenvalue weighted by Gasteiger charge is -2.22. The number of fused-ring (bicyclic) bond motifs is 1. The number of carbonyl (C=O) groups excluding carboxylic acids is 3. The Kier molecular flexibility index (Phi) is 5.29. The number of anilines is 1. The number of ether oxygens (including phenoxy) is 3. The predicted octanol–water partition coefficient (Wildman–Crippen LogP) is 3.61. The Hall–Kier alpha value is -4.53. The summed E-state index contributed by atoms with van der Waals surface area (Å²) < 4.78 is 16.4. The number of amides is 4. The SMILES string of the molecule is CC1(c2ccc3c(c2)OCO3)NC(=O)N(CC(=O)Nc2ccc(Oc3ccccc3)cc2)C1=O. The van der Waals surface area contributed by atoms with Gasteiger partial charge in [-0.3, -0.25) is 14.5 Å². The van der Waals surface area contributed by atoms with Crippen LogP contribution in [-0.4, -0.2) is 36.1 Å². The van der Waals surface area contributed by atoms with Crippen molar-refractivity contribution in [1.82, 2.24) is 10.2 Å². The second-order valence-corrected chi connectivity index (χ2v) is 8.00. The molecule has 2 heterocycles. The van der Waals surface area contributed by atoms with E-state index in [0.29, 0.717) is 34.2 Å². The summed E-state index contributed by atoms with van der Waals surface area (Å²) in [6.45, 7) is 1.27. The summed E-state index contributed by atoms with van der Waals surface area (Å²) in [7, 11) is 0. The Morgan fingerprint density at radius 1 is 1.00 bits per heavy atom. The number of hydrogen-bond acceptors (Lipinski definition) is 6. The quantitative estimate of drug-likeness (QED) is 0.546. The highest BCUT2D eigenvalue weighted by molar-refractivity contribution is 6.10. The molecule has 0 aromatic heterocycles. The molecule has 3 aromatic rings. The first kappa shape index (κ1) is 21.3. The summed E-state index contributed by atoms with van der Waals surface area (Å²) in [5.74, 6) is 1.34. The van der Waals surface area contributed by atoms with Gasteiger partial charge in [0.25, 0.3) is 5.91 Å². The molecule has 3 aromatic carbocycles. The van der Waals surface area contributed by atoms with Gasteiger partial charge in [0.1, 0.15) is 23.6 Å². The van der Waals surface area contributed by atoms with Gasteiger partial charge in [-0.05, 0) is 61.0 Å². The van der Waals surface area contributed by atoms with Crippen LogP contribution in [0.1, 0.15) is 12.5 Å². The highest BCUT2D eigenvalue weighted by Gasteiger charge is 2.49. The molecule has 1 saturated heterocycles. The van der Waals surface area contributed by atoms with Crippen molar-refractivity contribution >= 4 is 23.5 Å². The van der Waals surface area contributed by atoms with E-state index in [0.717, 1.165) is 4.90 Å². The fourth-order valence-electron chi connectivity index (χ4n) is 3.82. The van der Waals surface area contributed by atoms with Crippen LogP contribution in [0, 0.1) is 0 Å². The molecule has 0 aliphatic carbocycles. The van der Waals surface area contributed by atoms with Crippen LogP contribution in [0.25, 0.3) is 0 Å². The zero-order valence-electron chi connectivity index (χ0n) is 18.2. The van der Waals surface area contributed by atoms with Crippen LogP contribution in [0.15, 0.2) is 72.8 Å². The van der Waals surface area contributed by atoms with Crippen molar-refractivity contribution in [3.8, 4) is 23.0 Å². The molecule has 0 radical (unpaired) electrons. The van der Waals surface area contributed by atoms with E-state index in [1.165, 1.54) is 0 Å². The number of nitrogens with zero attached hydrogens (tertiary/aromatic N) is 1. The maximum atomic E-state index is 13.1. The molecule has 1 atom stereocenters. The number of benzene rings is 3. The summed E-state index contributed by atoms with van der Waals surface area (Å²) in [5, 5.41) is 5.38. The van der Waals surface area contributed by atoms with Gasteiger partial charge in [0.2, 0.25) is 12.7 Å². The van der Waals surface area contributed by atoms with Gasteiger partial charge in [-0.2, -0.15) is 0 Å². The minimum Gasteiger partial charge on any atom is -0.457 e. The molecule has 2 aliphatic heterocycles. The van der Waals surface area contributed by atoms with Crippen LogP contribution in [0.4, 0.5) is 10.5 Å². The summed E-state index contributed by atoms with van der Waals surface area (Å²) >= 11 is 0. The van der Waals surface area contributed by atoms with Crippen molar-refractivity contribution in [3.05, 3.63) is 78.4 Å². The van der Waals surface area contributed by atoms with Crippen molar-refractivity contribution in [1.29, 1.82) is 0 Å². The molecular weight excluding hydrogens is 438 g/mol. The van der Waals surface area contributed by atoms with E-state index in [-0.39, 0.29) is 6.79 Å². The molecule has 34 heavy (non-hydrogen) atoms. The second kappa shape index (κ2) is 8.43. The van der Waals surface area contributed by atoms with Gasteiger partial charge in [0, 0.05) is 5.69 Å². The monoisotopic (exact) mass is 459 g/mol. The Bertz CT molecular complexity index is 1260. The molecule has 1 unspecified atom stereocenters. The number of urea groups is 1. The number of hydrogen-bond donors (Lipinski definition) is 2. The number of imide groups is 1. The van der Waals surface area contributed by atoms with Crippen LogP contribution in [0.2, 0.25) is 0 Å². The van der Waals surface area contributed by atoms with Crippen molar-refractivity contribution < 1.29 is 28.6 Å². The number of para-hydroxylation sites is 1. The zero-order chi connectivity index (χ0) is 23.7. The molecule has 4 amide bonds. The minimum atomic E-state index is -1.32. The van der Waals surface area contributed by atoms with E-state index in [2.05, 4.69) is 10.6 Å². The van der Waals surface area contributed by atoms with Gasteiger partial charge in [-0.25, -0.2) is 4.79 Å². The van der Waals surface area contributed by atoms with E-state index in [1.54, 1.807) is 49.4 Å². The van der Waals surface area contributed by atoms with Crippen LogP contribution in [0.5, 0.6) is 23.0 Å². The fourth-order valence-corrected chi connectivity index (χ4v) is 3.82. The first-order chi connectivity index (χ1) is 16.4. The molecule has 5 rings (SSSR count). The van der Waals surface area contributed by atoms with Gasteiger partial charge >= 0.3 is 6.03 Å². The van der Waals surface area contributed by atoms with Crippen molar-refractivity contribution in [2.45, 2.75) is 12.5 Å². The van der Waals surface area contributed by atoms with Crippen molar-refractivity contribution in [2.24, 2.45) is 0 Å². The third kappa shape index (κ3) is 3.99. The maximum absolute atomic E-state index is 13.1. The van der Waals surface area contributed by atoms with E-state index < -0.39 is 29.9 Å². The van der Waals surface area contributed by atoms with Gasteiger partial charge in [-0.15, -0.1) is 0 Å². The molecule has 1 fully saturated rings. The average Bonchev–Trinajstić information content (AvgIpc) is 3.39. The molecule has 2 aliphatic rings. The third-order valence-corrected chi connectivity index (χ3v) is 5.64. The highest BCUT2D eigenvalue weighted by Crippen LogP contribution is 2.37. The average molecular weight is 459 g/mol. The molecular formula is C25H21N3O6. The molecule has 172 valence electrons. The smallest absolute Gasteiger partial charge is 0.325 e. The van der Waals surface area contributed by atoms with Crippen molar-refractivity contribution in [2.75, 3.05) is 18.7 Å². The minimum absolute atomic E-state index is 0.0987. The maximum Gasteiger partial charge on any atom is 0.325 e. The molecule has 0 spiro atoms. The lowest BCUT2D eigenvalue weighted by atomic mass is 9.91. The van der Waals surface area contributed by atoms with E-state index in [4.69, 9.17) is 14.2 Å². The molecule has 0 saturated carbocycles. The molecule has 2 N–H and O–H groups in total. The summed E-state index contributed by atoms with van der Waals surface area (Å²) in [4.78, 5) is 39.2. The van der Waals surface area contributed by atoms with Crippen LogP contribution >= 0.6 is 0 Å². The van der Waals surface area contributed by atoms with Gasteiger partial charge < -0.3 is 24.8 Å². The first-order valence-electron chi connectivity index (χ1n) is 10.6. The normalized spacial score (nSPS) is 18.6. The third-order valence-electron chi connectivity index (χ3n) is 5.64. The Morgan fingerprint density at radius 3 is 2.47 bits per heavy atom. The number of carbonyl (C=O) groups is 3. The first-order valence-corrected chi connectivity index (χ1v) is 10.6. The number of nitrogens with one attached hydrogen (secondary N) is 2. The highest BCUT2D eigenvalue weighted by atomic mass is 16.7. The Morgan fingerprint density at radius 2 is 1.71 bits per heavy atom. The number of rotatable bonds is 6. The van der Waals surface area contributed by atoms with Crippen LogP contribution < -0.4 is 24.8 Å². The predicted molar refractivity (Wildman–Crippen MR) is 122 cm³/mol. The topological polar surface area (TPSA) is 106 Å². The zero-order valence-corrected chi connectivity index (χ0v) is 18.2. The fraction of sp³-hybridized carbons (Fsp3) is 0.160. The van der Waals surface area contributed by atoms with E-state index in [1.807, 2.05) is 30.3 Å². The van der Waals surface area contributed by atoms with E-state index >= 15 is 0 Å². The lowest BCUT2D eigenvalue weighted by molar-refractivity contribution is -0.133. The summed E-state index contributed by atoms with van der Waals surface area (Å²) in [6, 6.07) is 20.5. The molecule has 0 bridgehead atoms. The Labute approximate surface area is 195 Å². The Balaban J connectivity index is 1.23. The van der Waals surface area contributed by atoms with Crippen LogP contribution in [0.3, 0.4) is 0 Å². The summed E-state index contributed by atoms with van der Waals surface area (Å²) in [5.41, 5.74) is -0.280. The molecule has 9 nitrogen and oxygen atoms in total. The molecule has 9 heteroatoms. The van der Waals surface area contributed by atoms with Crippen LogP contribution in [-0.2, 0) is 15.1 Å². The van der Waals surface area contributed by atoms with Gasteiger partial charge in [0.15, 0.2) is 11.5 Å².